The minimum atomic E-state index is -0.379. The molecule has 0 bridgehead atoms. The molecule has 1 saturated carbocycles. The molecule has 1 aliphatic rings. The second kappa shape index (κ2) is 7.57. The number of hydrogen-bond donors (Lipinski definition) is 1. The lowest BCUT2D eigenvalue weighted by Crippen LogP contribution is -2.42. The van der Waals surface area contributed by atoms with Crippen molar-refractivity contribution in [3.05, 3.63) is 30.1 Å². The first-order valence-corrected chi connectivity index (χ1v) is 8.21. The van der Waals surface area contributed by atoms with Crippen molar-refractivity contribution in [2.75, 3.05) is 7.11 Å². The van der Waals surface area contributed by atoms with Gasteiger partial charge in [-0.15, -0.1) is 0 Å². The molecule has 0 aromatic carbocycles. The van der Waals surface area contributed by atoms with Crippen LogP contribution in [-0.2, 0) is 14.3 Å². The van der Waals surface area contributed by atoms with Gasteiger partial charge in [0.1, 0.15) is 0 Å². The summed E-state index contributed by atoms with van der Waals surface area (Å²) in [5, 5.41) is 3.06. The highest BCUT2D eigenvalue weighted by molar-refractivity contribution is 5.81. The van der Waals surface area contributed by atoms with Gasteiger partial charge in [-0.05, 0) is 36.0 Å². The summed E-state index contributed by atoms with van der Waals surface area (Å²) in [4.78, 5) is 28.5. The number of nitrogens with zero attached hydrogens (tertiary/aromatic N) is 1. The molecule has 0 spiro atoms. The Morgan fingerprint density at radius 3 is 2.65 bits per heavy atom. The number of esters is 1. The lowest BCUT2D eigenvalue weighted by molar-refractivity contribution is -0.141. The average Bonchev–Trinajstić information content (AvgIpc) is 2.54. The molecule has 2 atom stereocenters. The van der Waals surface area contributed by atoms with Gasteiger partial charge >= 0.3 is 5.97 Å². The normalized spacial score (nSPS) is 21.3. The van der Waals surface area contributed by atoms with Crippen molar-refractivity contribution in [2.24, 2.45) is 11.3 Å². The molecule has 0 unspecified atom stereocenters. The summed E-state index contributed by atoms with van der Waals surface area (Å²) < 4.78 is 4.76. The third kappa shape index (κ3) is 4.53. The Labute approximate surface area is 137 Å². The van der Waals surface area contributed by atoms with Crippen LogP contribution in [0.25, 0.3) is 0 Å². The zero-order chi connectivity index (χ0) is 16.9. The molecular weight excluding hydrogens is 292 g/mol. The molecule has 1 aliphatic carbocycles. The average molecular weight is 318 g/mol. The number of carbonyl (C=O) groups excluding carboxylic acids is 2. The van der Waals surface area contributed by atoms with Crippen LogP contribution in [0.15, 0.2) is 24.5 Å². The minimum Gasteiger partial charge on any atom is -0.469 e. The highest BCUT2D eigenvalue weighted by Crippen LogP contribution is 2.40. The molecule has 0 aliphatic heterocycles. The van der Waals surface area contributed by atoms with Gasteiger partial charge in [-0.1, -0.05) is 26.7 Å². The van der Waals surface area contributed by atoms with E-state index in [0.717, 1.165) is 24.8 Å². The zero-order valence-corrected chi connectivity index (χ0v) is 14.2. The summed E-state index contributed by atoms with van der Waals surface area (Å²) in [6.07, 6.45) is 7.67. The van der Waals surface area contributed by atoms with Crippen LogP contribution in [0.2, 0.25) is 0 Å². The third-order valence-electron chi connectivity index (χ3n) is 4.85. The number of aromatic nitrogens is 1. The standard InChI is InChI=1S/C18H26N2O3/c1-18(2)9-5-4-6-14(18)17(22)20-15(12-16(21)23-3)13-7-10-19-11-8-13/h7-8,10-11,14-15H,4-6,9,12H2,1-3H3,(H,20,22)/t14-,15+/m0/s1. The van der Waals surface area contributed by atoms with E-state index >= 15 is 0 Å². The minimum absolute atomic E-state index is 0.00358. The van der Waals surface area contributed by atoms with Crippen molar-refractivity contribution in [1.29, 1.82) is 0 Å². The summed E-state index contributed by atoms with van der Waals surface area (Å²) in [5.41, 5.74) is 0.864. The Bertz CT molecular complexity index is 542. The van der Waals surface area contributed by atoms with Crippen LogP contribution >= 0.6 is 0 Å². The van der Waals surface area contributed by atoms with Gasteiger partial charge in [-0.3, -0.25) is 14.6 Å². The number of carbonyl (C=O) groups is 2. The van der Waals surface area contributed by atoms with Gasteiger partial charge < -0.3 is 10.1 Å². The summed E-state index contributed by atoms with van der Waals surface area (Å²) in [6.45, 7) is 4.30. The van der Waals surface area contributed by atoms with Crippen LogP contribution in [0.5, 0.6) is 0 Å². The summed E-state index contributed by atoms with van der Waals surface area (Å²) in [6, 6.07) is 3.26. The van der Waals surface area contributed by atoms with Crippen molar-refractivity contribution < 1.29 is 14.3 Å². The van der Waals surface area contributed by atoms with Crippen LogP contribution < -0.4 is 5.32 Å². The van der Waals surface area contributed by atoms with E-state index < -0.39 is 0 Å². The summed E-state index contributed by atoms with van der Waals surface area (Å²) in [5.74, 6) is -0.325. The van der Waals surface area contributed by atoms with Gasteiger partial charge in [0.2, 0.25) is 5.91 Å². The van der Waals surface area contributed by atoms with Crippen molar-refractivity contribution in [1.82, 2.24) is 10.3 Å². The van der Waals surface area contributed by atoms with E-state index in [1.807, 2.05) is 12.1 Å². The molecule has 1 fully saturated rings. The molecule has 1 N–H and O–H groups in total. The summed E-state index contributed by atoms with van der Waals surface area (Å²) in [7, 11) is 1.36. The molecule has 5 nitrogen and oxygen atoms in total. The third-order valence-corrected chi connectivity index (χ3v) is 4.85. The number of rotatable bonds is 5. The Balaban J connectivity index is 2.13. The maximum Gasteiger partial charge on any atom is 0.307 e. The molecule has 1 heterocycles. The topological polar surface area (TPSA) is 68.3 Å². The quantitative estimate of drug-likeness (QED) is 0.847. The van der Waals surface area contributed by atoms with Crippen molar-refractivity contribution in [3.8, 4) is 0 Å². The fourth-order valence-electron chi connectivity index (χ4n) is 3.35. The lowest BCUT2D eigenvalue weighted by atomic mass is 9.68. The first-order chi connectivity index (χ1) is 10.9. The predicted octanol–water partition coefficient (Wildman–Crippen LogP) is 3.02. The maximum atomic E-state index is 12.8. The Hall–Kier alpha value is -1.91. The van der Waals surface area contributed by atoms with Gasteiger partial charge in [0.15, 0.2) is 0 Å². The fourth-order valence-corrected chi connectivity index (χ4v) is 3.35. The molecule has 23 heavy (non-hydrogen) atoms. The van der Waals surface area contributed by atoms with Crippen molar-refractivity contribution >= 4 is 11.9 Å². The van der Waals surface area contributed by atoms with Crippen LogP contribution in [0.3, 0.4) is 0 Å². The van der Waals surface area contributed by atoms with E-state index in [-0.39, 0.29) is 35.7 Å². The molecule has 1 aromatic heterocycles. The number of hydrogen-bond acceptors (Lipinski definition) is 4. The molecule has 2 rings (SSSR count). The van der Waals surface area contributed by atoms with Crippen molar-refractivity contribution in [2.45, 2.75) is 52.0 Å². The molecule has 1 aromatic rings. The Kier molecular flexibility index (Phi) is 5.74. The van der Waals surface area contributed by atoms with Gasteiger partial charge in [0, 0.05) is 18.3 Å². The molecule has 0 radical (unpaired) electrons. The first-order valence-electron chi connectivity index (χ1n) is 8.21. The number of nitrogens with one attached hydrogen (secondary N) is 1. The van der Waals surface area contributed by atoms with E-state index in [4.69, 9.17) is 4.74 Å². The Morgan fingerprint density at radius 2 is 2.04 bits per heavy atom. The SMILES string of the molecule is COC(=O)C[C@@H](NC(=O)[C@@H]1CCCCC1(C)C)c1ccncc1. The fraction of sp³-hybridized carbons (Fsp3) is 0.611. The largest absolute Gasteiger partial charge is 0.469 e. The van der Waals surface area contributed by atoms with Crippen LogP contribution in [0.4, 0.5) is 0 Å². The van der Waals surface area contributed by atoms with Gasteiger partial charge in [-0.2, -0.15) is 0 Å². The summed E-state index contributed by atoms with van der Waals surface area (Å²) >= 11 is 0. The molecule has 1 amide bonds. The second-order valence-electron chi connectivity index (χ2n) is 6.91. The van der Waals surface area contributed by atoms with Crippen molar-refractivity contribution in [3.63, 3.8) is 0 Å². The molecule has 0 saturated heterocycles. The van der Waals surface area contributed by atoms with Gasteiger partial charge in [-0.25, -0.2) is 0 Å². The van der Waals surface area contributed by atoms with E-state index in [9.17, 15) is 9.59 Å². The highest BCUT2D eigenvalue weighted by Gasteiger charge is 2.38. The number of ether oxygens (including phenoxy) is 1. The van der Waals surface area contributed by atoms with Crippen LogP contribution in [-0.4, -0.2) is 24.0 Å². The monoisotopic (exact) mass is 318 g/mol. The van der Waals surface area contributed by atoms with Gasteiger partial charge in [0.05, 0.1) is 19.6 Å². The number of pyridine rings is 1. The predicted molar refractivity (Wildman–Crippen MR) is 87.5 cm³/mol. The smallest absolute Gasteiger partial charge is 0.307 e. The van der Waals surface area contributed by atoms with E-state index in [0.29, 0.717) is 0 Å². The number of amides is 1. The van der Waals surface area contributed by atoms with Crippen LogP contribution in [0.1, 0.15) is 57.6 Å². The molecule has 5 heteroatoms. The molecular formula is C18H26N2O3. The second-order valence-corrected chi connectivity index (χ2v) is 6.91. The van der Waals surface area contributed by atoms with E-state index in [1.54, 1.807) is 12.4 Å². The first kappa shape index (κ1) is 17.4. The molecule has 126 valence electrons. The van der Waals surface area contributed by atoms with Gasteiger partial charge in [0.25, 0.3) is 0 Å². The van der Waals surface area contributed by atoms with Crippen LogP contribution in [0, 0.1) is 11.3 Å². The lowest BCUT2D eigenvalue weighted by Gasteiger charge is -2.38. The van der Waals surface area contributed by atoms with E-state index in [1.165, 1.54) is 13.5 Å². The number of methoxy groups -OCH3 is 1. The maximum absolute atomic E-state index is 12.8. The Morgan fingerprint density at radius 1 is 1.35 bits per heavy atom. The van der Waals surface area contributed by atoms with E-state index in [2.05, 4.69) is 24.1 Å². The zero-order valence-electron chi connectivity index (χ0n) is 14.2. The highest BCUT2D eigenvalue weighted by atomic mass is 16.5.